The molecular weight excluding hydrogens is 322 g/mol. The van der Waals surface area contributed by atoms with Gasteiger partial charge in [-0.1, -0.05) is 53.7 Å². The summed E-state index contributed by atoms with van der Waals surface area (Å²) in [4.78, 5) is 24.0. The van der Waals surface area contributed by atoms with E-state index in [1.807, 2.05) is 30.3 Å². The van der Waals surface area contributed by atoms with Gasteiger partial charge >= 0.3 is 6.09 Å². The molecule has 0 aliphatic carbocycles. The summed E-state index contributed by atoms with van der Waals surface area (Å²) >= 11 is 6.81. The molecule has 0 bridgehead atoms. The van der Waals surface area contributed by atoms with Gasteiger partial charge in [-0.15, -0.1) is 0 Å². The highest BCUT2D eigenvalue weighted by Gasteiger charge is 2.08. The van der Waals surface area contributed by atoms with Crippen molar-refractivity contribution < 1.29 is 14.3 Å². The summed E-state index contributed by atoms with van der Waals surface area (Å²) in [5.74, 6) is 0. The van der Waals surface area contributed by atoms with Crippen LogP contribution in [0.15, 0.2) is 59.5 Å². The first-order chi connectivity index (χ1) is 10.6. The average Bonchev–Trinajstić information content (AvgIpc) is 2.54. The summed E-state index contributed by atoms with van der Waals surface area (Å²) in [6.07, 6.45) is -0.617. The Morgan fingerprint density at radius 1 is 1.05 bits per heavy atom. The normalized spacial score (nSPS) is 10.0. The van der Waals surface area contributed by atoms with Crippen LogP contribution in [-0.4, -0.2) is 17.8 Å². The molecular formula is C16H14ClNO3S. The fourth-order valence-electron chi connectivity index (χ4n) is 1.59. The predicted octanol–water partition coefficient (Wildman–Crippen LogP) is 3.89. The van der Waals surface area contributed by atoms with Gasteiger partial charge in [-0.2, -0.15) is 0 Å². The van der Waals surface area contributed by atoms with Crippen LogP contribution in [0.25, 0.3) is 0 Å². The first kappa shape index (κ1) is 16.4. The molecule has 0 fully saturated rings. The molecule has 0 saturated carbocycles. The maximum atomic E-state index is 11.7. The van der Waals surface area contributed by atoms with E-state index in [1.165, 1.54) is 0 Å². The molecule has 2 rings (SSSR count). The first-order valence-electron chi connectivity index (χ1n) is 6.54. The Balaban J connectivity index is 1.69. The molecule has 1 amide bonds. The molecule has 114 valence electrons. The Bertz CT molecular complexity index is 632. The first-order valence-corrected chi connectivity index (χ1v) is 7.74. The minimum absolute atomic E-state index is 0.0963. The third kappa shape index (κ3) is 5.79. The monoisotopic (exact) mass is 335 g/mol. The van der Waals surface area contributed by atoms with E-state index >= 15 is 0 Å². The lowest BCUT2D eigenvalue weighted by Crippen LogP contribution is -2.28. The second-order valence-electron chi connectivity index (χ2n) is 4.34. The van der Waals surface area contributed by atoms with Crippen molar-refractivity contribution >= 4 is 34.6 Å². The van der Waals surface area contributed by atoms with Crippen LogP contribution in [0.5, 0.6) is 0 Å². The van der Waals surface area contributed by atoms with Gasteiger partial charge in [0.05, 0.1) is 6.54 Å². The number of alkyl carbamates (subject to hydrolysis) is 1. The minimum atomic E-state index is -0.617. The number of benzene rings is 2. The Hall–Kier alpha value is -1.98. The lowest BCUT2D eigenvalue weighted by molar-refractivity contribution is -0.110. The van der Waals surface area contributed by atoms with Crippen LogP contribution in [0, 0.1) is 0 Å². The number of ether oxygens (including phenoxy) is 1. The summed E-state index contributed by atoms with van der Waals surface area (Å²) < 4.78 is 5.02. The van der Waals surface area contributed by atoms with E-state index in [0.29, 0.717) is 5.02 Å². The molecule has 2 aromatic carbocycles. The summed E-state index contributed by atoms with van der Waals surface area (Å²) in [6.45, 7) is 0.0755. The highest BCUT2D eigenvalue weighted by atomic mass is 35.5. The van der Waals surface area contributed by atoms with Crippen LogP contribution in [0.1, 0.15) is 5.56 Å². The molecule has 0 aliphatic rings. The fraction of sp³-hybridized carbons (Fsp3) is 0.125. The molecule has 0 heterocycles. The molecule has 1 N–H and O–H groups in total. The lowest BCUT2D eigenvalue weighted by atomic mass is 10.2. The van der Waals surface area contributed by atoms with Crippen LogP contribution in [0.3, 0.4) is 0 Å². The molecule has 4 nitrogen and oxygen atoms in total. The van der Waals surface area contributed by atoms with E-state index in [2.05, 4.69) is 5.32 Å². The zero-order valence-corrected chi connectivity index (χ0v) is 13.2. The number of hydrogen-bond donors (Lipinski definition) is 1. The molecule has 2 aromatic rings. The van der Waals surface area contributed by atoms with Crippen LogP contribution in [-0.2, 0) is 16.1 Å². The van der Waals surface area contributed by atoms with Crippen LogP contribution in [0.4, 0.5) is 4.79 Å². The van der Waals surface area contributed by atoms with E-state index in [9.17, 15) is 9.59 Å². The van der Waals surface area contributed by atoms with Gasteiger partial charge in [-0.25, -0.2) is 4.79 Å². The van der Waals surface area contributed by atoms with Crippen molar-refractivity contribution in [3.8, 4) is 0 Å². The van der Waals surface area contributed by atoms with Gasteiger partial charge in [0.15, 0.2) is 0 Å². The smallest absolute Gasteiger partial charge is 0.407 e. The Kier molecular flexibility index (Phi) is 6.30. The second-order valence-corrected chi connectivity index (χ2v) is 5.91. The number of carbonyl (C=O) groups excluding carboxylic acids is 2. The number of amides is 1. The van der Waals surface area contributed by atoms with Gasteiger partial charge in [-0.05, 0) is 29.8 Å². The fourth-order valence-corrected chi connectivity index (χ4v) is 2.39. The molecule has 0 radical (unpaired) electrons. The van der Waals surface area contributed by atoms with E-state index in [-0.39, 0.29) is 18.3 Å². The lowest BCUT2D eigenvalue weighted by Gasteiger charge is -2.06. The SMILES string of the molecule is O=C(NCC(=O)Sc1ccc(Cl)cc1)OCc1ccccc1. The average molecular weight is 336 g/mol. The Morgan fingerprint density at radius 3 is 2.41 bits per heavy atom. The Morgan fingerprint density at radius 2 is 1.73 bits per heavy atom. The zero-order chi connectivity index (χ0) is 15.8. The number of carbonyl (C=O) groups is 2. The van der Waals surface area contributed by atoms with Crippen molar-refractivity contribution in [1.29, 1.82) is 0 Å². The van der Waals surface area contributed by atoms with Crippen molar-refractivity contribution in [2.24, 2.45) is 0 Å². The molecule has 22 heavy (non-hydrogen) atoms. The molecule has 0 atom stereocenters. The molecule has 0 aromatic heterocycles. The van der Waals surface area contributed by atoms with E-state index in [0.717, 1.165) is 22.2 Å². The van der Waals surface area contributed by atoms with Gasteiger partial charge in [0.2, 0.25) is 5.12 Å². The highest BCUT2D eigenvalue weighted by Crippen LogP contribution is 2.20. The topological polar surface area (TPSA) is 55.4 Å². The van der Waals surface area contributed by atoms with E-state index in [4.69, 9.17) is 16.3 Å². The summed E-state index contributed by atoms with van der Waals surface area (Å²) in [5.41, 5.74) is 0.888. The molecule has 0 spiro atoms. The van der Waals surface area contributed by atoms with Crippen molar-refractivity contribution in [3.63, 3.8) is 0 Å². The standard InChI is InChI=1S/C16H14ClNO3S/c17-13-6-8-14(9-7-13)22-15(19)10-18-16(20)21-11-12-4-2-1-3-5-12/h1-9H,10-11H2,(H,18,20). The maximum Gasteiger partial charge on any atom is 0.407 e. The van der Waals surface area contributed by atoms with Gasteiger partial charge in [0.25, 0.3) is 0 Å². The van der Waals surface area contributed by atoms with E-state index < -0.39 is 6.09 Å². The predicted molar refractivity (Wildman–Crippen MR) is 86.9 cm³/mol. The molecule has 0 aliphatic heterocycles. The van der Waals surface area contributed by atoms with Gasteiger partial charge in [0, 0.05) is 9.92 Å². The molecule has 0 unspecified atom stereocenters. The van der Waals surface area contributed by atoms with Crippen LogP contribution in [0.2, 0.25) is 5.02 Å². The van der Waals surface area contributed by atoms with Gasteiger partial charge in [0.1, 0.15) is 6.61 Å². The summed E-state index contributed by atoms with van der Waals surface area (Å²) in [7, 11) is 0. The minimum Gasteiger partial charge on any atom is -0.445 e. The summed E-state index contributed by atoms with van der Waals surface area (Å²) in [6, 6.07) is 16.2. The van der Waals surface area contributed by atoms with Crippen molar-refractivity contribution in [3.05, 3.63) is 65.2 Å². The van der Waals surface area contributed by atoms with Crippen molar-refractivity contribution in [2.45, 2.75) is 11.5 Å². The van der Waals surface area contributed by atoms with Gasteiger partial charge in [-0.3, -0.25) is 4.79 Å². The second kappa shape index (κ2) is 8.46. The summed E-state index contributed by atoms with van der Waals surface area (Å²) in [5, 5.41) is 2.86. The largest absolute Gasteiger partial charge is 0.445 e. The highest BCUT2D eigenvalue weighted by molar-refractivity contribution is 8.13. The quantitative estimate of drug-likeness (QED) is 0.842. The van der Waals surface area contributed by atoms with Crippen LogP contribution >= 0.6 is 23.4 Å². The Labute approximate surface area is 137 Å². The molecule has 0 saturated heterocycles. The number of rotatable bonds is 5. The van der Waals surface area contributed by atoms with Crippen molar-refractivity contribution in [1.82, 2.24) is 5.32 Å². The number of halogens is 1. The number of hydrogen-bond acceptors (Lipinski definition) is 4. The van der Waals surface area contributed by atoms with Crippen molar-refractivity contribution in [2.75, 3.05) is 6.54 Å². The number of nitrogens with one attached hydrogen (secondary N) is 1. The van der Waals surface area contributed by atoms with E-state index in [1.54, 1.807) is 24.3 Å². The molecule has 6 heteroatoms. The third-order valence-corrected chi connectivity index (χ3v) is 3.77. The maximum absolute atomic E-state index is 11.7. The van der Waals surface area contributed by atoms with Gasteiger partial charge < -0.3 is 10.1 Å². The zero-order valence-electron chi connectivity index (χ0n) is 11.6. The van der Waals surface area contributed by atoms with Crippen LogP contribution < -0.4 is 5.32 Å². The number of thioether (sulfide) groups is 1. The third-order valence-electron chi connectivity index (χ3n) is 2.64.